The van der Waals surface area contributed by atoms with Crippen molar-refractivity contribution in [1.82, 2.24) is 0 Å². The van der Waals surface area contributed by atoms with E-state index in [1.807, 2.05) is 18.2 Å². The van der Waals surface area contributed by atoms with E-state index in [0.717, 1.165) is 12.2 Å². The van der Waals surface area contributed by atoms with Crippen LogP contribution in [-0.4, -0.2) is 26.8 Å². The first-order valence-corrected chi connectivity index (χ1v) is 5.65. The molecule has 90 valence electrons. The fourth-order valence-electron chi connectivity index (χ4n) is 1.47. The molecule has 17 heavy (non-hydrogen) atoms. The normalized spacial score (nSPS) is 9.71. The molecule has 0 N–H and O–H groups in total. The molecule has 0 fully saturated rings. The first kappa shape index (κ1) is 13.6. The Kier molecular flexibility index (Phi) is 5.55. The van der Waals surface area contributed by atoms with Crippen LogP contribution in [0.25, 0.3) is 0 Å². The molecule has 0 bridgehead atoms. The number of rotatable bonds is 6. The molecular weight excluding hydrogens is 236 g/mol. The molecule has 0 unspecified atom stereocenters. The summed E-state index contributed by atoms with van der Waals surface area (Å²) < 4.78 is 5.05. The SMILES string of the molecule is C=CCN(CCOC)c1ccc(C#N)c(Cl)c1. The quantitative estimate of drug-likeness (QED) is 0.729. The van der Waals surface area contributed by atoms with Crippen LogP contribution in [0.1, 0.15) is 5.56 Å². The van der Waals surface area contributed by atoms with Gasteiger partial charge in [0.2, 0.25) is 0 Å². The van der Waals surface area contributed by atoms with Gasteiger partial charge in [-0.1, -0.05) is 17.7 Å². The number of benzene rings is 1. The summed E-state index contributed by atoms with van der Waals surface area (Å²) >= 11 is 6.00. The summed E-state index contributed by atoms with van der Waals surface area (Å²) in [5.74, 6) is 0. The van der Waals surface area contributed by atoms with Crippen molar-refractivity contribution in [3.63, 3.8) is 0 Å². The minimum Gasteiger partial charge on any atom is -0.383 e. The van der Waals surface area contributed by atoms with Gasteiger partial charge in [0.1, 0.15) is 6.07 Å². The fourth-order valence-corrected chi connectivity index (χ4v) is 1.69. The third-order valence-corrected chi connectivity index (χ3v) is 2.67. The Morgan fingerprint density at radius 3 is 2.88 bits per heavy atom. The van der Waals surface area contributed by atoms with Gasteiger partial charge < -0.3 is 9.64 Å². The highest BCUT2D eigenvalue weighted by Gasteiger charge is 2.07. The molecule has 0 saturated heterocycles. The Morgan fingerprint density at radius 1 is 1.59 bits per heavy atom. The zero-order valence-corrected chi connectivity index (χ0v) is 10.6. The van der Waals surface area contributed by atoms with Gasteiger partial charge in [0.25, 0.3) is 0 Å². The van der Waals surface area contributed by atoms with E-state index in [4.69, 9.17) is 21.6 Å². The predicted molar refractivity (Wildman–Crippen MR) is 70.5 cm³/mol. The Balaban J connectivity index is 2.90. The molecule has 0 aliphatic carbocycles. The zero-order valence-electron chi connectivity index (χ0n) is 9.82. The van der Waals surface area contributed by atoms with Crippen molar-refractivity contribution in [3.05, 3.63) is 41.4 Å². The van der Waals surface area contributed by atoms with E-state index in [-0.39, 0.29) is 0 Å². The minimum atomic E-state index is 0.469. The highest BCUT2D eigenvalue weighted by molar-refractivity contribution is 6.32. The first-order valence-electron chi connectivity index (χ1n) is 5.27. The van der Waals surface area contributed by atoms with Crippen molar-refractivity contribution in [3.8, 4) is 6.07 Å². The Hall–Kier alpha value is -1.50. The molecule has 0 heterocycles. The van der Waals surface area contributed by atoms with Crippen LogP contribution < -0.4 is 4.90 Å². The maximum Gasteiger partial charge on any atom is 0.101 e. The summed E-state index contributed by atoms with van der Waals surface area (Å²) in [5, 5.41) is 9.28. The summed E-state index contributed by atoms with van der Waals surface area (Å²) in [6.07, 6.45) is 1.82. The standard InChI is InChI=1S/C13H15ClN2O/c1-3-6-16(7-8-17-2)12-5-4-11(10-15)13(14)9-12/h3-5,9H,1,6-8H2,2H3. The monoisotopic (exact) mass is 250 g/mol. The largest absolute Gasteiger partial charge is 0.383 e. The van der Waals surface area contributed by atoms with Gasteiger partial charge >= 0.3 is 0 Å². The van der Waals surface area contributed by atoms with Crippen LogP contribution in [-0.2, 0) is 4.74 Å². The Morgan fingerprint density at radius 2 is 2.35 bits per heavy atom. The number of halogens is 1. The maximum absolute atomic E-state index is 8.81. The second kappa shape index (κ2) is 6.95. The second-order valence-corrected chi connectivity index (χ2v) is 3.91. The van der Waals surface area contributed by atoms with Gasteiger partial charge in [-0.15, -0.1) is 6.58 Å². The molecule has 0 amide bonds. The second-order valence-electron chi connectivity index (χ2n) is 3.50. The van der Waals surface area contributed by atoms with Gasteiger partial charge in [-0.05, 0) is 18.2 Å². The summed E-state index contributed by atoms with van der Waals surface area (Å²) in [7, 11) is 1.66. The van der Waals surface area contributed by atoms with Crippen molar-refractivity contribution in [2.75, 3.05) is 31.7 Å². The molecular formula is C13H15ClN2O. The van der Waals surface area contributed by atoms with Crippen LogP contribution in [0.5, 0.6) is 0 Å². The summed E-state index contributed by atoms with van der Waals surface area (Å²) in [6.45, 7) is 5.82. The molecule has 1 aromatic rings. The number of hydrogen-bond donors (Lipinski definition) is 0. The van der Waals surface area contributed by atoms with E-state index in [0.29, 0.717) is 23.7 Å². The van der Waals surface area contributed by atoms with E-state index < -0.39 is 0 Å². The molecule has 0 aliphatic rings. The third-order valence-electron chi connectivity index (χ3n) is 2.35. The lowest BCUT2D eigenvalue weighted by Gasteiger charge is -2.23. The lowest BCUT2D eigenvalue weighted by atomic mass is 10.2. The van der Waals surface area contributed by atoms with Crippen LogP contribution in [0.3, 0.4) is 0 Å². The highest BCUT2D eigenvalue weighted by Crippen LogP contribution is 2.23. The van der Waals surface area contributed by atoms with Crippen molar-refractivity contribution < 1.29 is 4.74 Å². The number of ether oxygens (including phenoxy) is 1. The topological polar surface area (TPSA) is 36.3 Å². The number of nitriles is 1. The Bertz CT molecular complexity index is 426. The number of methoxy groups -OCH3 is 1. The number of hydrogen-bond acceptors (Lipinski definition) is 3. The van der Waals surface area contributed by atoms with Crippen LogP contribution in [0.2, 0.25) is 5.02 Å². The van der Waals surface area contributed by atoms with Gasteiger partial charge in [0.15, 0.2) is 0 Å². The predicted octanol–water partition coefficient (Wildman–Crippen LogP) is 2.85. The van der Waals surface area contributed by atoms with Gasteiger partial charge in [0.05, 0.1) is 17.2 Å². The molecule has 0 aliphatic heterocycles. The zero-order chi connectivity index (χ0) is 12.7. The average Bonchev–Trinajstić information content (AvgIpc) is 2.34. The van der Waals surface area contributed by atoms with Gasteiger partial charge in [-0.25, -0.2) is 0 Å². The van der Waals surface area contributed by atoms with Crippen molar-refractivity contribution in [1.29, 1.82) is 5.26 Å². The van der Waals surface area contributed by atoms with E-state index in [9.17, 15) is 0 Å². The smallest absolute Gasteiger partial charge is 0.101 e. The lowest BCUT2D eigenvalue weighted by Crippen LogP contribution is -2.27. The number of nitrogens with zero attached hydrogens (tertiary/aromatic N) is 2. The molecule has 0 saturated carbocycles. The van der Waals surface area contributed by atoms with Crippen LogP contribution in [0.4, 0.5) is 5.69 Å². The van der Waals surface area contributed by atoms with Crippen molar-refractivity contribution in [2.45, 2.75) is 0 Å². The molecule has 4 heteroatoms. The summed E-state index contributed by atoms with van der Waals surface area (Å²) in [5.41, 5.74) is 1.45. The third kappa shape index (κ3) is 3.77. The lowest BCUT2D eigenvalue weighted by molar-refractivity contribution is 0.206. The maximum atomic E-state index is 8.81. The van der Waals surface area contributed by atoms with E-state index in [1.165, 1.54) is 0 Å². The molecule has 0 spiro atoms. The van der Waals surface area contributed by atoms with Gasteiger partial charge in [-0.2, -0.15) is 5.26 Å². The fraction of sp³-hybridized carbons (Fsp3) is 0.308. The van der Waals surface area contributed by atoms with Crippen molar-refractivity contribution in [2.24, 2.45) is 0 Å². The molecule has 0 atom stereocenters. The summed E-state index contributed by atoms with van der Waals surface area (Å²) in [6, 6.07) is 7.43. The van der Waals surface area contributed by atoms with Gasteiger partial charge in [-0.3, -0.25) is 0 Å². The van der Waals surface area contributed by atoms with E-state index in [1.54, 1.807) is 19.2 Å². The van der Waals surface area contributed by atoms with E-state index in [2.05, 4.69) is 11.5 Å². The molecule has 1 aromatic carbocycles. The van der Waals surface area contributed by atoms with Crippen LogP contribution in [0, 0.1) is 11.3 Å². The molecule has 0 aromatic heterocycles. The van der Waals surface area contributed by atoms with Crippen LogP contribution >= 0.6 is 11.6 Å². The first-order chi connectivity index (χ1) is 8.22. The van der Waals surface area contributed by atoms with E-state index >= 15 is 0 Å². The highest BCUT2D eigenvalue weighted by atomic mass is 35.5. The average molecular weight is 251 g/mol. The number of anilines is 1. The van der Waals surface area contributed by atoms with Crippen molar-refractivity contribution >= 4 is 17.3 Å². The molecule has 3 nitrogen and oxygen atoms in total. The molecule has 0 radical (unpaired) electrons. The Labute approximate surface area is 107 Å². The molecule has 1 rings (SSSR count). The van der Waals surface area contributed by atoms with Crippen LogP contribution in [0.15, 0.2) is 30.9 Å². The summed E-state index contributed by atoms with van der Waals surface area (Å²) in [4.78, 5) is 2.09. The van der Waals surface area contributed by atoms with Gasteiger partial charge in [0, 0.05) is 25.9 Å². The minimum absolute atomic E-state index is 0.469.